The minimum absolute atomic E-state index is 0.176. The molecule has 0 bridgehead atoms. The average Bonchev–Trinajstić information content (AvgIpc) is 3.64. The summed E-state index contributed by atoms with van der Waals surface area (Å²) in [4.78, 5) is 0. The zero-order chi connectivity index (χ0) is 38.4. The molecule has 0 fully saturated rings. The fourth-order valence-corrected chi connectivity index (χ4v) is 11.9. The lowest BCUT2D eigenvalue weighted by molar-refractivity contribution is 0.0540. The summed E-state index contributed by atoms with van der Waals surface area (Å²) in [6.07, 6.45) is 6.45. The van der Waals surface area contributed by atoms with Gasteiger partial charge in [-0.15, -0.1) is 0 Å². The van der Waals surface area contributed by atoms with E-state index in [9.17, 15) is 0 Å². The van der Waals surface area contributed by atoms with Crippen LogP contribution in [0.4, 0.5) is 0 Å². The molecule has 0 unspecified atom stereocenters. The van der Waals surface area contributed by atoms with Gasteiger partial charge in [0.15, 0.2) is 0 Å². The number of hydrogen-bond donors (Lipinski definition) is 0. The molecule has 0 amide bonds. The van der Waals surface area contributed by atoms with Crippen LogP contribution < -0.4 is 0 Å². The molecule has 6 aromatic carbocycles. The van der Waals surface area contributed by atoms with Crippen LogP contribution in [0.25, 0.3) is 0 Å². The van der Waals surface area contributed by atoms with Crippen molar-refractivity contribution >= 4 is 0 Å². The van der Waals surface area contributed by atoms with Crippen LogP contribution in [0.1, 0.15) is 133 Å². The van der Waals surface area contributed by atoms with Gasteiger partial charge in [0, 0.05) is 55.0 Å². The van der Waals surface area contributed by atoms with Gasteiger partial charge >= 0.3 is 0 Å². The van der Waals surface area contributed by atoms with E-state index in [1.54, 1.807) is 0 Å². The summed E-state index contributed by atoms with van der Waals surface area (Å²) in [7, 11) is 0. The zero-order valence-corrected chi connectivity index (χ0v) is 33.1. The summed E-state index contributed by atoms with van der Waals surface area (Å²) in [6.45, 7) is 9.85. The van der Waals surface area contributed by atoms with Crippen molar-refractivity contribution < 1.29 is 0 Å². The van der Waals surface area contributed by atoms with Crippen molar-refractivity contribution in [2.75, 3.05) is 0 Å². The zero-order valence-electron chi connectivity index (χ0n) is 33.1. The number of benzene rings is 6. The first-order chi connectivity index (χ1) is 27.5. The van der Waals surface area contributed by atoms with Crippen molar-refractivity contribution in [2.45, 2.75) is 82.5 Å². The maximum absolute atomic E-state index is 3.61. The van der Waals surface area contributed by atoms with Crippen LogP contribution in [0.2, 0.25) is 0 Å². The lowest BCUT2D eigenvalue weighted by Gasteiger charge is -2.53. The summed E-state index contributed by atoms with van der Waals surface area (Å²) >= 11 is 0. The Morgan fingerprint density at radius 3 is 0.893 bits per heavy atom. The lowest BCUT2D eigenvalue weighted by Crippen LogP contribution is -2.54. The molecule has 3 aliphatic rings. The Hall–Kier alpha value is -6.00. The Kier molecular flexibility index (Phi) is 8.88. The number of fused-ring (bicyclic) bond motifs is 9. The summed E-state index contributed by atoms with van der Waals surface area (Å²) in [5.41, 5.74) is 14.4. The molecule has 0 N–H and O–H groups in total. The van der Waals surface area contributed by atoms with Gasteiger partial charge in [-0.25, -0.2) is 0 Å². The minimum Gasteiger partial charge on any atom is -0.0653 e. The second kappa shape index (κ2) is 13.9. The molecular weight excluding hydrogens is 673 g/mol. The molecule has 9 rings (SSSR count). The first-order valence-electron chi connectivity index (χ1n) is 20.6. The fraction of sp³-hybridized carbons (Fsp3) is 0.250. The van der Waals surface area contributed by atoms with Gasteiger partial charge < -0.3 is 0 Å². The predicted molar refractivity (Wildman–Crippen MR) is 232 cm³/mol. The van der Waals surface area contributed by atoms with Crippen molar-refractivity contribution in [1.82, 2.24) is 0 Å². The summed E-state index contributed by atoms with van der Waals surface area (Å²) in [5.74, 6) is 21.3. The van der Waals surface area contributed by atoms with E-state index in [-0.39, 0.29) is 21.7 Å². The highest BCUT2D eigenvalue weighted by Crippen LogP contribution is 2.85. The van der Waals surface area contributed by atoms with Crippen LogP contribution in [0.15, 0.2) is 146 Å². The van der Waals surface area contributed by atoms with E-state index < -0.39 is 0 Å². The molecule has 56 heavy (non-hydrogen) atoms. The third-order valence-corrected chi connectivity index (χ3v) is 13.6. The SMILES string of the molecule is CCC[C@]12c3ccc(C#Cc4ccccc4)cc3[C@]3(CCC)c4cc(C#Cc5ccccc5)ccc4[C@](CCC)(c4cc(C#Cc5ccccc5)ccc41)[C@]23C. The van der Waals surface area contributed by atoms with Gasteiger partial charge in [0.25, 0.3) is 0 Å². The Bertz CT molecular complexity index is 2650. The molecule has 0 aromatic heterocycles. The first kappa shape index (κ1) is 35.7. The van der Waals surface area contributed by atoms with Gasteiger partial charge in [-0.2, -0.15) is 0 Å². The highest BCUT2D eigenvalue weighted by molar-refractivity contribution is 5.79. The molecule has 0 spiro atoms. The topological polar surface area (TPSA) is 0 Å². The van der Waals surface area contributed by atoms with E-state index in [1.165, 1.54) is 33.4 Å². The second-order valence-corrected chi connectivity index (χ2v) is 16.2. The van der Waals surface area contributed by atoms with Crippen molar-refractivity contribution in [2.24, 2.45) is 5.41 Å². The molecule has 0 aliphatic heterocycles. The van der Waals surface area contributed by atoms with Gasteiger partial charge in [-0.1, -0.05) is 155 Å². The van der Waals surface area contributed by atoms with Gasteiger partial charge in [-0.05, 0) is 125 Å². The molecule has 6 aromatic rings. The molecule has 0 saturated heterocycles. The third-order valence-electron chi connectivity index (χ3n) is 13.6. The number of rotatable bonds is 6. The van der Waals surface area contributed by atoms with Crippen molar-refractivity contribution in [3.8, 4) is 35.5 Å². The largest absolute Gasteiger partial charge is 0.0653 e. The molecule has 0 radical (unpaired) electrons. The van der Waals surface area contributed by atoms with E-state index >= 15 is 0 Å². The Morgan fingerprint density at radius 1 is 0.321 bits per heavy atom. The highest BCUT2D eigenvalue weighted by Gasteiger charge is 2.82. The normalized spacial score (nSPS) is 22.9. The van der Waals surface area contributed by atoms with Gasteiger partial charge in [0.1, 0.15) is 0 Å². The van der Waals surface area contributed by atoms with Crippen LogP contribution in [0.3, 0.4) is 0 Å². The quantitative estimate of drug-likeness (QED) is 0.150. The van der Waals surface area contributed by atoms with E-state index in [4.69, 9.17) is 0 Å². The van der Waals surface area contributed by atoms with E-state index in [1.807, 2.05) is 0 Å². The van der Waals surface area contributed by atoms with Crippen LogP contribution in [0.5, 0.6) is 0 Å². The van der Waals surface area contributed by atoms with Gasteiger partial charge in [0.05, 0.1) is 0 Å². The maximum Gasteiger partial charge on any atom is 0.0286 e. The molecule has 0 heterocycles. The van der Waals surface area contributed by atoms with Crippen LogP contribution >= 0.6 is 0 Å². The second-order valence-electron chi connectivity index (χ2n) is 16.2. The first-order valence-corrected chi connectivity index (χ1v) is 20.6. The third kappa shape index (κ3) is 4.91. The minimum atomic E-state index is -0.249. The molecule has 0 saturated carbocycles. The van der Waals surface area contributed by atoms with E-state index in [0.29, 0.717) is 0 Å². The van der Waals surface area contributed by atoms with Gasteiger partial charge in [-0.3, -0.25) is 0 Å². The van der Waals surface area contributed by atoms with Crippen molar-refractivity contribution in [3.63, 3.8) is 0 Å². The predicted octanol–water partition coefficient (Wildman–Crippen LogP) is 12.5. The summed E-state index contributed by atoms with van der Waals surface area (Å²) in [5, 5.41) is 0. The maximum atomic E-state index is 3.61. The Labute approximate surface area is 334 Å². The monoisotopic (exact) mass is 720 g/mol. The average molecular weight is 721 g/mol. The standard InChI is InChI=1S/C56H48/c1-5-35-54-47-32-29-44(26-23-41-17-11-8-12-18-41)38-50(47)55(36-6-2)49-34-31-46(28-25-43-21-15-10-16-22-43)40-52(49)56(37-7-3,53(54,55)4)51-39-45(30-33-48(51)54)27-24-42-19-13-9-14-20-42/h8-22,29-34,38-40H,5-7,35-37H2,1-4H3/t53-,54+,55+,56+/m0/s1. The molecule has 4 atom stereocenters. The number of hydrogen-bond acceptors (Lipinski definition) is 0. The van der Waals surface area contributed by atoms with Crippen molar-refractivity contribution in [3.05, 3.63) is 212 Å². The van der Waals surface area contributed by atoms with Crippen LogP contribution in [-0.2, 0) is 16.2 Å². The smallest absolute Gasteiger partial charge is 0.0286 e. The Balaban J connectivity index is 1.37. The molecule has 0 nitrogen and oxygen atoms in total. The summed E-state index contributed by atoms with van der Waals surface area (Å²) in [6, 6.07) is 53.0. The highest BCUT2D eigenvalue weighted by atomic mass is 14.8. The van der Waals surface area contributed by atoms with Crippen molar-refractivity contribution in [1.29, 1.82) is 0 Å². The van der Waals surface area contributed by atoms with Gasteiger partial charge in [0.2, 0.25) is 0 Å². The fourth-order valence-electron chi connectivity index (χ4n) is 11.9. The molecule has 0 heteroatoms. The van der Waals surface area contributed by atoms with E-state index in [2.05, 4.69) is 209 Å². The summed E-state index contributed by atoms with van der Waals surface area (Å²) < 4.78 is 0. The Morgan fingerprint density at radius 2 is 0.589 bits per heavy atom. The van der Waals surface area contributed by atoms with E-state index in [0.717, 1.165) is 71.9 Å². The van der Waals surface area contributed by atoms with Crippen LogP contribution in [-0.4, -0.2) is 0 Å². The molecule has 272 valence electrons. The van der Waals surface area contributed by atoms with Crippen LogP contribution in [0, 0.1) is 40.9 Å². The lowest BCUT2D eigenvalue weighted by atomic mass is 9.48. The molecule has 3 aliphatic carbocycles. The molecular formula is C56H48.